The molecule has 0 aromatic carbocycles. The molecule has 1 fully saturated rings. The predicted octanol–water partition coefficient (Wildman–Crippen LogP) is 3.50. The lowest BCUT2D eigenvalue weighted by Crippen LogP contribution is -2.16. The number of nitrogens with zero attached hydrogens (tertiary/aromatic N) is 3. The van der Waals surface area contributed by atoms with Crippen LogP contribution in [0.1, 0.15) is 52.4 Å². The van der Waals surface area contributed by atoms with E-state index in [4.69, 9.17) is 4.74 Å². The van der Waals surface area contributed by atoms with E-state index in [2.05, 4.69) is 23.6 Å². The van der Waals surface area contributed by atoms with Crippen LogP contribution < -0.4 is 0 Å². The van der Waals surface area contributed by atoms with Gasteiger partial charge in [0.25, 0.3) is 0 Å². The Morgan fingerprint density at radius 2 is 2.15 bits per heavy atom. The molecular formula is C21H29N3O3. The standard InChI is InChI=1S/C21H29N3O3/c1-14-6-7-17(10-19-16(3)20(25)11-18(14)19)15(2)21(26)27-9-5-4-8-24-13-22-12-23-24/h12-14,17-18H,2,4-11H2,1,3H3/t14-,17+,18-/m0/s1. The molecule has 1 aromatic heterocycles. The van der Waals surface area contributed by atoms with E-state index in [-0.39, 0.29) is 17.7 Å². The Balaban J connectivity index is 1.49. The Kier molecular flexibility index (Phi) is 6.24. The number of unbranched alkanes of at least 4 members (excludes halogenated alkanes) is 1. The summed E-state index contributed by atoms with van der Waals surface area (Å²) in [6.07, 6.45) is 8.20. The molecule has 2 aliphatic rings. The summed E-state index contributed by atoms with van der Waals surface area (Å²) in [7, 11) is 0. The summed E-state index contributed by atoms with van der Waals surface area (Å²) in [5.74, 6) is 0.878. The van der Waals surface area contributed by atoms with Gasteiger partial charge in [0.2, 0.25) is 0 Å². The van der Waals surface area contributed by atoms with Gasteiger partial charge in [-0.05, 0) is 62.4 Å². The van der Waals surface area contributed by atoms with Gasteiger partial charge in [0.05, 0.1) is 6.61 Å². The van der Waals surface area contributed by atoms with E-state index in [1.165, 1.54) is 11.9 Å². The summed E-state index contributed by atoms with van der Waals surface area (Å²) in [5.41, 5.74) is 2.71. The Morgan fingerprint density at radius 3 is 2.89 bits per heavy atom. The van der Waals surface area contributed by atoms with Crippen LogP contribution in [0.4, 0.5) is 0 Å². The Morgan fingerprint density at radius 1 is 1.33 bits per heavy atom. The molecule has 0 N–H and O–H groups in total. The van der Waals surface area contributed by atoms with Crippen molar-refractivity contribution < 1.29 is 14.3 Å². The summed E-state index contributed by atoms with van der Waals surface area (Å²) in [5, 5.41) is 4.05. The summed E-state index contributed by atoms with van der Waals surface area (Å²) in [4.78, 5) is 28.4. The smallest absolute Gasteiger partial charge is 0.333 e. The van der Waals surface area contributed by atoms with Gasteiger partial charge in [-0.25, -0.2) is 9.78 Å². The van der Waals surface area contributed by atoms with Gasteiger partial charge in [0.1, 0.15) is 12.7 Å². The molecule has 0 saturated heterocycles. The molecule has 0 bridgehead atoms. The number of aromatic nitrogens is 3. The van der Waals surface area contributed by atoms with Crippen molar-refractivity contribution in [1.82, 2.24) is 14.8 Å². The Labute approximate surface area is 160 Å². The molecule has 2 aliphatic carbocycles. The number of hydrogen-bond acceptors (Lipinski definition) is 5. The first-order chi connectivity index (χ1) is 13.0. The van der Waals surface area contributed by atoms with E-state index in [0.29, 0.717) is 30.4 Å². The summed E-state index contributed by atoms with van der Waals surface area (Å²) in [6, 6.07) is 0. The number of Topliss-reactive ketones (excluding diaryl/α,β-unsaturated/α-hetero) is 1. The van der Waals surface area contributed by atoms with E-state index in [9.17, 15) is 9.59 Å². The fourth-order valence-electron chi connectivity index (χ4n) is 4.26. The largest absolute Gasteiger partial charge is 0.462 e. The second kappa shape index (κ2) is 8.63. The maximum atomic E-state index is 12.4. The zero-order valence-corrected chi connectivity index (χ0v) is 16.3. The average molecular weight is 371 g/mol. The molecule has 6 heteroatoms. The highest BCUT2D eigenvalue weighted by Gasteiger charge is 2.38. The molecule has 1 aromatic rings. The van der Waals surface area contributed by atoms with E-state index >= 15 is 0 Å². The van der Waals surface area contributed by atoms with Crippen molar-refractivity contribution in [2.45, 2.75) is 58.9 Å². The molecule has 1 heterocycles. The van der Waals surface area contributed by atoms with Crippen molar-refractivity contribution in [3.05, 3.63) is 36.0 Å². The number of hydrogen-bond donors (Lipinski definition) is 0. The van der Waals surface area contributed by atoms with Gasteiger partial charge < -0.3 is 4.74 Å². The summed E-state index contributed by atoms with van der Waals surface area (Å²) >= 11 is 0. The number of esters is 1. The highest BCUT2D eigenvalue weighted by atomic mass is 16.5. The van der Waals surface area contributed by atoms with Gasteiger partial charge in [-0.15, -0.1) is 0 Å². The van der Waals surface area contributed by atoms with Gasteiger partial charge in [0, 0.05) is 18.5 Å². The molecule has 0 aliphatic heterocycles. The first-order valence-electron chi connectivity index (χ1n) is 9.88. The van der Waals surface area contributed by atoms with Crippen LogP contribution >= 0.6 is 0 Å². The number of ketones is 1. The van der Waals surface area contributed by atoms with E-state index in [0.717, 1.165) is 44.2 Å². The second-order valence-electron chi connectivity index (χ2n) is 7.87. The van der Waals surface area contributed by atoms with Crippen molar-refractivity contribution >= 4 is 11.8 Å². The molecular weight excluding hydrogens is 342 g/mol. The number of carbonyl (C=O) groups excluding carboxylic acids is 2. The molecule has 0 radical (unpaired) electrons. The van der Waals surface area contributed by atoms with Gasteiger partial charge in [0.15, 0.2) is 5.78 Å². The van der Waals surface area contributed by atoms with Gasteiger partial charge in [-0.2, -0.15) is 5.10 Å². The minimum atomic E-state index is -0.297. The van der Waals surface area contributed by atoms with E-state index in [1.54, 1.807) is 11.0 Å². The first-order valence-corrected chi connectivity index (χ1v) is 9.88. The minimum Gasteiger partial charge on any atom is -0.462 e. The molecule has 3 rings (SSSR count). The van der Waals surface area contributed by atoms with E-state index < -0.39 is 0 Å². The van der Waals surface area contributed by atoms with Crippen LogP contribution in [-0.4, -0.2) is 33.1 Å². The number of fused-ring (bicyclic) bond motifs is 1. The maximum absolute atomic E-state index is 12.4. The highest BCUT2D eigenvalue weighted by Crippen LogP contribution is 2.45. The first kappa shape index (κ1) is 19.5. The number of aryl methyl sites for hydroxylation is 1. The molecule has 0 unspecified atom stereocenters. The van der Waals surface area contributed by atoms with Gasteiger partial charge in [-0.1, -0.05) is 19.1 Å². The lowest BCUT2D eigenvalue weighted by Gasteiger charge is -2.19. The predicted molar refractivity (Wildman–Crippen MR) is 102 cm³/mol. The normalized spacial score (nSPS) is 25.3. The Hall–Kier alpha value is -2.24. The van der Waals surface area contributed by atoms with Crippen molar-refractivity contribution in [2.24, 2.45) is 17.8 Å². The zero-order chi connectivity index (χ0) is 19.4. The Bertz CT molecular complexity index is 736. The number of allylic oxidation sites excluding steroid dienone is 2. The van der Waals surface area contributed by atoms with Crippen molar-refractivity contribution in [3.8, 4) is 0 Å². The second-order valence-corrected chi connectivity index (χ2v) is 7.87. The van der Waals surface area contributed by atoms with Crippen LogP contribution in [0.25, 0.3) is 0 Å². The molecule has 1 saturated carbocycles. The van der Waals surface area contributed by atoms with Gasteiger partial charge >= 0.3 is 5.97 Å². The molecule has 27 heavy (non-hydrogen) atoms. The monoisotopic (exact) mass is 371 g/mol. The van der Waals surface area contributed by atoms with Crippen LogP contribution in [0.3, 0.4) is 0 Å². The molecule has 3 atom stereocenters. The SMILES string of the molecule is C=C(C(=O)OCCCCn1cncn1)[C@@H]1CC[C@H](C)[C@@H]2CC(=O)C(C)=C2C1. The summed E-state index contributed by atoms with van der Waals surface area (Å²) in [6.45, 7) is 9.34. The maximum Gasteiger partial charge on any atom is 0.333 e. The lowest BCUT2D eigenvalue weighted by molar-refractivity contribution is -0.139. The van der Waals surface area contributed by atoms with Crippen LogP contribution in [0.5, 0.6) is 0 Å². The zero-order valence-electron chi connectivity index (χ0n) is 16.3. The number of carbonyl (C=O) groups is 2. The third kappa shape index (κ3) is 4.54. The molecule has 6 nitrogen and oxygen atoms in total. The lowest BCUT2D eigenvalue weighted by atomic mass is 9.86. The fraction of sp³-hybridized carbons (Fsp3) is 0.619. The van der Waals surface area contributed by atoms with Crippen molar-refractivity contribution in [2.75, 3.05) is 6.61 Å². The molecule has 0 amide bonds. The van der Waals surface area contributed by atoms with Crippen LogP contribution in [0.2, 0.25) is 0 Å². The van der Waals surface area contributed by atoms with Crippen LogP contribution in [0, 0.1) is 17.8 Å². The average Bonchev–Trinajstić information content (AvgIpc) is 3.22. The summed E-state index contributed by atoms with van der Waals surface area (Å²) < 4.78 is 7.20. The third-order valence-electron chi connectivity index (χ3n) is 6.11. The minimum absolute atomic E-state index is 0.0796. The van der Waals surface area contributed by atoms with Crippen LogP contribution in [-0.2, 0) is 20.9 Å². The van der Waals surface area contributed by atoms with E-state index in [1.807, 2.05) is 6.92 Å². The van der Waals surface area contributed by atoms with Crippen LogP contribution in [0.15, 0.2) is 36.0 Å². The topological polar surface area (TPSA) is 74.1 Å². The molecule has 146 valence electrons. The number of ether oxygens (including phenoxy) is 1. The molecule has 0 spiro atoms. The fourth-order valence-corrected chi connectivity index (χ4v) is 4.26. The van der Waals surface area contributed by atoms with Crippen molar-refractivity contribution in [3.63, 3.8) is 0 Å². The number of rotatable bonds is 7. The quantitative estimate of drug-likeness (QED) is 0.417. The van der Waals surface area contributed by atoms with Gasteiger partial charge in [-0.3, -0.25) is 9.48 Å². The third-order valence-corrected chi connectivity index (χ3v) is 6.11. The van der Waals surface area contributed by atoms with Crippen molar-refractivity contribution in [1.29, 1.82) is 0 Å². The highest BCUT2D eigenvalue weighted by molar-refractivity contribution is 5.98.